The molecule has 2 heterocycles. The van der Waals surface area contributed by atoms with E-state index < -0.39 is 5.92 Å². The van der Waals surface area contributed by atoms with Gasteiger partial charge in [-0.25, -0.2) is 0 Å². The van der Waals surface area contributed by atoms with Gasteiger partial charge in [-0.2, -0.15) is 0 Å². The lowest BCUT2D eigenvalue weighted by Crippen LogP contribution is -2.50. The Morgan fingerprint density at radius 3 is 2.74 bits per heavy atom. The van der Waals surface area contributed by atoms with Gasteiger partial charge >= 0.3 is 0 Å². The normalized spacial score (nSPS) is 21.2. The summed E-state index contributed by atoms with van der Waals surface area (Å²) in [6.07, 6.45) is 1.48. The smallest absolute Gasteiger partial charge is 0.239 e. The molecule has 0 radical (unpaired) electrons. The maximum Gasteiger partial charge on any atom is 0.239 e. The molecule has 1 fully saturated rings. The topological polar surface area (TPSA) is 62.2 Å². The summed E-state index contributed by atoms with van der Waals surface area (Å²) in [6, 6.07) is 5.22. The third-order valence-corrected chi connectivity index (χ3v) is 4.27. The van der Waals surface area contributed by atoms with Gasteiger partial charge < -0.3 is 14.5 Å². The molecule has 1 aromatic carbocycles. The number of ketones is 1. The quantitative estimate of drug-likeness (QED) is 0.791. The van der Waals surface area contributed by atoms with Crippen LogP contribution in [0.2, 0.25) is 0 Å². The second kappa shape index (κ2) is 6.50. The molecule has 122 valence electrons. The van der Waals surface area contributed by atoms with Crippen LogP contribution in [-0.4, -0.2) is 67.5 Å². The number of amides is 1. The molecule has 6 heteroatoms. The average Bonchev–Trinajstić information content (AvgIpc) is 2.56. The first-order valence-corrected chi connectivity index (χ1v) is 7.92. The zero-order valence-electron chi connectivity index (χ0n) is 13.5. The number of carbonyl (C=O) groups excluding carboxylic acids is 2. The van der Waals surface area contributed by atoms with E-state index in [4.69, 9.17) is 4.74 Å². The van der Waals surface area contributed by atoms with Gasteiger partial charge in [0.25, 0.3) is 0 Å². The van der Waals surface area contributed by atoms with E-state index in [1.807, 2.05) is 14.0 Å². The summed E-state index contributed by atoms with van der Waals surface area (Å²) in [5, 5.41) is 0. The lowest BCUT2D eigenvalue weighted by molar-refractivity contribution is -0.133. The first-order chi connectivity index (χ1) is 11.1. The fourth-order valence-electron chi connectivity index (χ4n) is 2.87. The van der Waals surface area contributed by atoms with Crippen LogP contribution in [0.4, 0.5) is 5.69 Å². The molecule has 0 bridgehead atoms. The Balaban J connectivity index is 1.80. The van der Waals surface area contributed by atoms with E-state index in [1.54, 1.807) is 23.1 Å². The molecule has 0 saturated carbocycles. The molecule has 0 aromatic heterocycles. The number of hydrogen-bond acceptors (Lipinski definition) is 5. The Morgan fingerprint density at radius 1 is 1.30 bits per heavy atom. The van der Waals surface area contributed by atoms with Crippen molar-refractivity contribution in [3.8, 4) is 5.75 Å². The van der Waals surface area contributed by atoms with Gasteiger partial charge in [0, 0.05) is 38.0 Å². The molecule has 2 aliphatic rings. The molecular formula is C17H21N3O3. The minimum Gasteiger partial charge on any atom is -0.494 e. The SMILES string of the molecule is CCOc1ccc2c(c1)C(=O)C(C(=O)N1CCN(C)CC1)C=N2. The van der Waals surface area contributed by atoms with Crippen LogP contribution in [0.25, 0.3) is 0 Å². The van der Waals surface area contributed by atoms with Crippen molar-refractivity contribution in [2.24, 2.45) is 10.9 Å². The van der Waals surface area contributed by atoms with Gasteiger partial charge in [-0.1, -0.05) is 0 Å². The molecule has 3 rings (SSSR count). The summed E-state index contributed by atoms with van der Waals surface area (Å²) in [6.45, 7) is 5.38. The average molecular weight is 315 g/mol. The highest BCUT2D eigenvalue weighted by molar-refractivity contribution is 6.23. The monoisotopic (exact) mass is 315 g/mol. The van der Waals surface area contributed by atoms with E-state index in [0.717, 1.165) is 13.1 Å². The highest BCUT2D eigenvalue weighted by Crippen LogP contribution is 2.30. The second-order valence-corrected chi connectivity index (χ2v) is 5.86. The minimum absolute atomic E-state index is 0.153. The van der Waals surface area contributed by atoms with Gasteiger partial charge in [0.1, 0.15) is 11.7 Å². The first-order valence-electron chi connectivity index (χ1n) is 7.92. The fourth-order valence-corrected chi connectivity index (χ4v) is 2.87. The largest absolute Gasteiger partial charge is 0.494 e. The number of likely N-dealkylation sites (N-methyl/N-ethyl adjacent to an activating group) is 1. The number of hydrogen-bond donors (Lipinski definition) is 0. The number of ether oxygens (including phenoxy) is 1. The summed E-state index contributed by atoms with van der Waals surface area (Å²) in [7, 11) is 2.03. The Hall–Kier alpha value is -2.21. The molecule has 23 heavy (non-hydrogen) atoms. The zero-order chi connectivity index (χ0) is 16.4. The molecule has 2 aliphatic heterocycles. The lowest BCUT2D eigenvalue weighted by Gasteiger charge is -2.34. The number of piperazine rings is 1. The van der Waals surface area contributed by atoms with Gasteiger partial charge in [0.2, 0.25) is 5.91 Å². The number of aliphatic imine (C=N–C) groups is 1. The Morgan fingerprint density at radius 2 is 2.04 bits per heavy atom. The van der Waals surface area contributed by atoms with Gasteiger partial charge in [-0.15, -0.1) is 0 Å². The van der Waals surface area contributed by atoms with Crippen molar-refractivity contribution in [1.82, 2.24) is 9.80 Å². The predicted molar refractivity (Wildman–Crippen MR) is 87.7 cm³/mol. The van der Waals surface area contributed by atoms with Crippen molar-refractivity contribution in [2.75, 3.05) is 39.8 Å². The number of nitrogens with zero attached hydrogens (tertiary/aromatic N) is 3. The van der Waals surface area contributed by atoms with E-state index in [1.165, 1.54) is 6.21 Å². The van der Waals surface area contributed by atoms with Gasteiger partial charge in [-0.3, -0.25) is 14.6 Å². The number of carbonyl (C=O) groups is 2. The molecule has 0 aliphatic carbocycles. The Bertz CT molecular complexity index is 648. The van der Waals surface area contributed by atoms with Crippen molar-refractivity contribution in [2.45, 2.75) is 6.92 Å². The number of Topliss-reactive ketones (excluding diaryl/α,β-unsaturated/α-hetero) is 1. The predicted octanol–water partition coefficient (Wildman–Crippen LogP) is 1.37. The number of rotatable bonds is 3. The van der Waals surface area contributed by atoms with Crippen molar-refractivity contribution >= 4 is 23.6 Å². The highest BCUT2D eigenvalue weighted by atomic mass is 16.5. The van der Waals surface area contributed by atoms with Crippen LogP contribution in [-0.2, 0) is 4.79 Å². The molecule has 0 spiro atoms. The Labute approximate surface area is 135 Å². The summed E-state index contributed by atoms with van der Waals surface area (Å²) in [5.41, 5.74) is 1.06. The van der Waals surface area contributed by atoms with Crippen molar-refractivity contribution < 1.29 is 14.3 Å². The highest BCUT2D eigenvalue weighted by Gasteiger charge is 2.34. The summed E-state index contributed by atoms with van der Waals surface area (Å²) < 4.78 is 5.44. The molecular weight excluding hydrogens is 294 g/mol. The van der Waals surface area contributed by atoms with Crippen LogP contribution in [0, 0.1) is 5.92 Å². The number of benzene rings is 1. The van der Waals surface area contributed by atoms with Gasteiger partial charge in [0.05, 0.1) is 12.3 Å². The molecule has 6 nitrogen and oxygen atoms in total. The van der Waals surface area contributed by atoms with Crippen molar-refractivity contribution in [3.05, 3.63) is 23.8 Å². The third kappa shape index (κ3) is 3.12. The molecule has 1 unspecified atom stereocenters. The first kappa shape index (κ1) is 15.7. The van der Waals surface area contributed by atoms with E-state index in [0.29, 0.717) is 36.7 Å². The van der Waals surface area contributed by atoms with Crippen molar-refractivity contribution in [1.29, 1.82) is 0 Å². The zero-order valence-corrected chi connectivity index (χ0v) is 13.5. The third-order valence-electron chi connectivity index (χ3n) is 4.27. The van der Waals surface area contributed by atoms with Crippen LogP contribution in [0.5, 0.6) is 5.75 Å². The van der Waals surface area contributed by atoms with Crippen LogP contribution < -0.4 is 4.74 Å². The lowest BCUT2D eigenvalue weighted by atomic mass is 9.93. The van der Waals surface area contributed by atoms with Gasteiger partial charge in [0.15, 0.2) is 5.78 Å². The van der Waals surface area contributed by atoms with E-state index >= 15 is 0 Å². The molecule has 1 amide bonds. The summed E-state index contributed by atoms with van der Waals surface area (Å²) in [4.78, 5) is 33.6. The molecule has 0 N–H and O–H groups in total. The maximum absolute atomic E-state index is 12.7. The van der Waals surface area contributed by atoms with Crippen molar-refractivity contribution in [3.63, 3.8) is 0 Å². The summed E-state index contributed by atoms with van der Waals surface area (Å²) >= 11 is 0. The molecule has 1 saturated heterocycles. The maximum atomic E-state index is 12.7. The van der Waals surface area contributed by atoms with Crippen LogP contribution in [0.15, 0.2) is 23.2 Å². The molecule has 1 atom stereocenters. The standard InChI is InChI=1S/C17H21N3O3/c1-3-23-12-4-5-15-13(10-12)16(21)14(11-18-15)17(22)20-8-6-19(2)7-9-20/h4-5,10-11,14H,3,6-9H2,1-2H3. The Kier molecular flexibility index (Phi) is 4.43. The van der Waals surface area contributed by atoms with Crippen LogP contribution in [0.3, 0.4) is 0 Å². The second-order valence-electron chi connectivity index (χ2n) is 5.86. The van der Waals surface area contributed by atoms with Crippen LogP contribution in [0.1, 0.15) is 17.3 Å². The van der Waals surface area contributed by atoms with E-state index in [-0.39, 0.29) is 11.7 Å². The van der Waals surface area contributed by atoms with E-state index in [9.17, 15) is 9.59 Å². The minimum atomic E-state index is -0.817. The molecule has 1 aromatic rings. The van der Waals surface area contributed by atoms with Crippen LogP contribution >= 0.6 is 0 Å². The number of fused-ring (bicyclic) bond motifs is 1. The summed E-state index contributed by atoms with van der Waals surface area (Å²) in [5.74, 6) is -0.537. The fraction of sp³-hybridized carbons (Fsp3) is 0.471. The van der Waals surface area contributed by atoms with Gasteiger partial charge in [-0.05, 0) is 32.2 Å². The van der Waals surface area contributed by atoms with E-state index in [2.05, 4.69) is 9.89 Å².